The van der Waals surface area contributed by atoms with Crippen LogP contribution < -0.4 is 0 Å². The first kappa shape index (κ1) is 11.9. The molecule has 1 unspecified atom stereocenters. The predicted molar refractivity (Wildman–Crippen MR) is 47.9 cm³/mol. The number of esters is 1. The molecule has 0 aliphatic carbocycles. The number of ether oxygens (including phenoxy) is 2. The number of rotatable bonds is 7. The minimum Gasteiger partial charge on any atom is -0.462 e. The summed E-state index contributed by atoms with van der Waals surface area (Å²) in [4.78, 5) is 10.5. The second-order valence-electron chi connectivity index (χ2n) is 2.24. The molecule has 0 fully saturated rings. The van der Waals surface area contributed by atoms with Gasteiger partial charge in [0.2, 0.25) is 0 Å². The molecule has 1 atom stereocenters. The predicted octanol–water partition coefficient (Wildman–Crippen LogP) is 0.627. The van der Waals surface area contributed by atoms with Crippen LogP contribution in [0.1, 0.15) is 6.42 Å². The fourth-order valence-corrected chi connectivity index (χ4v) is 0.582. The molecule has 74 valence electrons. The highest BCUT2D eigenvalue weighted by Crippen LogP contribution is 1.95. The quantitative estimate of drug-likeness (QED) is 0.274. The van der Waals surface area contributed by atoms with Crippen molar-refractivity contribution in [2.24, 2.45) is 0 Å². The molecule has 0 aromatic rings. The first-order valence-corrected chi connectivity index (χ1v) is 3.90. The van der Waals surface area contributed by atoms with Crippen LogP contribution in [-0.2, 0) is 14.3 Å². The third kappa shape index (κ3) is 7.24. The van der Waals surface area contributed by atoms with Gasteiger partial charge in [-0.2, -0.15) is 0 Å². The summed E-state index contributed by atoms with van der Waals surface area (Å²) in [6.07, 6.45) is 1.92. The molecule has 0 aliphatic rings. The van der Waals surface area contributed by atoms with E-state index in [9.17, 15) is 4.79 Å². The van der Waals surface area contributed by atoms with Gasteiger partial charge in [-0.05, 0) is 0 Å². The average Bonchev–Trinajstić information content (AvgIpc) is 2.14. The first-order chi connectivity index (χ1) is 6.20. The summed E-state index contributed by atoms with van der Waals surface area (Å²) in [7, 11) is 0. The number of carbonyl (C=O) groups excluding carboxylic acids is 1. The Morgan fingerprint density at radius 3 is 2.77 bits per heavy atom. The molecule has 0 heterocycles. The summed E-state index contributed by atoms with van der Waals surface area (Å²) in [6, 6.07) is 0. The van der Waals surface area contributed by atoms with Gasteiger partial charge in [0.15, 0.2) is 6.29 Å². The van der Waals surface area contributed by atoms with Gasteiger partial charge in [0.05, 0.1) is 13.2 Å². The van der Waals surface area contributed by atoms with E-state index >= 15 is 0 Å². The molecule has 4 heteroatoms. The van der Waals surface area contributed by atoms with Crippen molar-refractivity contribution >= 4 is 5.97 Å². The van der Waals surface area contributed by atoms with E-state index in [0.717, 1.165) is 6.08 Å². The number of hydrogen-bond donors (Lipinski definition) is 1. The minimum absolute atomic E-state index is 0.114. The molecule has 0 aliphatic heterocycles. The zero-order chi connectivity index (χ0) is 10.1. The summed E-state index contributed by atoms with van der Waals surface area (Å²) < 4.78 is 9.45. The molecule has 0 saturated heterocycles. The third-order valence-electron chi connectivity index (χ3n) is 1.18. The zero-order valence-electron chi connectivity index (χ0n) is 7.44. The van der Waals surface area contributed by atoms with Crippen LogP contribution in [0.4, 0.5) is 0 Å². The first-order valence-electron chi connectivity index (χ1n) is 3.90. The molecule has 0 spiro atoms. The van der Waals surface area contributed by atoms with Gasteiger partial charge in [-0.3, -0.25) is 0 Å². The van der Waals surface area contributed by atoms with Crippen molar-refractivity contribution in [3.05, 3.63) is 25.3 Å². The highest BCUT2D eigenvalue weighted by molar-refractivity contribution is 5.81. The molecule has 13 heavy (non-hydrogen) atoms. The summed E-state index contributed by atoms with van der Waals surface area (Å²) in [5.41, 5.74) is 0. The SMILES string of the molecule is C=CCOC(O)CCOC(=O)C=C. The van der Waals surface area contributed by atoms with Crippen molar-refractivity contribution in [2.75, 3.05) is 13.2 Å². The summed E-state index contributed by atoms with van der Waals surface area (Å²) in [5.74, 6) is -0.504. The Morgan fingerprint density at radius 1 is 1.54 bits per heavy atom. The van der Waals surface area contributed by atoms with Crippen molar-refractivity contribution in [3.63, 3.8) is 0 Å². The standard InChI is InChI=1S/C9H14O4/c1-3-6-12-9(11)5-7-13-8(10)4-2/h3-4,9,11H,1-2,5-7H2. The van der Waals surface area contributed by atoms with Gasteiger partial charge in [-0.15, -0.1) is 6.58 Å². The molecule has 0 aromatic heterocycles. The molecule has 0 bridgehead atoms. The average molecular weight is 186 g/mol. The van der Waals surface area contributed by atoms with Crippen molar-refractivity contribution in [2.45, 2.75) is 12.7 Å². The largest absolute Gasteiger partial charge is 0.462 e. The van der Waals surface area contributed by atoms with Gasteiger partial charge in [0.1, 0.15) is 0 Å². The Kier molecular flexibility index (Phi) is 6.86. The van der Waals surface area contributed by atoms with E-state index in [0.29, 0.717) is 0 Å². The van der Waals surface area contributed by atoms with Crippen molar-refractivity contribution in [1.29, 1.82) is 0 Å². The Balaban J connectivity index is 3.35. The number of carbonyl (C=O) groups is 1. The van der Waals surface area contributed by atoms with Crippen molar-refractivity contribution in [3.8, 4) is 0 Å². The lowest BCUT2D eigenvalue weighted by molar-refractivity contribution is -0.142. The van der Waals surface area contributed by atoms with Gasteiger partial charge in [-0.1, -0.05) is 12.7 Å². The van der Waals surface area contributed by atoms with E-state index in [4.69, 9.17) is 9.84 Å². The number of aliphatic hydroxyl groups is 1. The molecule has 0 aromatic carbocycles. The van der Waals surface area contributed by atoms with Crippen LogP contribution in [0.15, 0.2) is 25.3 Å². The van der Waals surface area contributed by atoms with Gasteiger partial charge in [0.25, 0.3) is 0 Å². The maximum atomic E-state index is 10.5. The maximum Gasteiger partial charge on any atom is 0.330 e. The van der Waals surface area contributed by atoms with Crippen LogP contribution >= 0.6 is 0 Å². The van der Waals surface area contributed by atoms with E-state index in [1.807, 2.05) is 0 Å². The molecule has 0 radical (unpaired) electrons. The second kappa shape index (κ2) is 7.52. The molecule has 0 amide bonds. The monoisotopic (exact) mass is 186 g/mol. The van der Waals surface area contributed by atoms with Crippen LogP contribution in [0.5, 0.6) is 0 Å². The van der Waals surface area contributed by atoms with Crippen molar-refractivity contribution in [1.82, 2.24) is 0 Å². The Hall–Kier alpha value is -1.13. The molecule has 1 N–H and O–H groups in total. The lowest BCUT2D eigenvalue weighted by Gasteiger charge is -2.09. The lowest BCUT2D eigenvalue weighted by atomic mass is 10.4. The van der Waals surface area contributed by atoms with Crippen LogP contribution in [0.25, 0.3) is 0 Å². The van der Waals surface area contributed by atoms with E-state index in [1.165, 1.54) is 6.08 Å². The van der Waals surface area contributed by atoms with Crippen LogP contribution in [0.2, 0.25) is 0 Å². The third-order valence-corrected chi connectivity index (χ3v) is 1.18. The van der Waals surface area contributed by atoms with E-state index in [-0.39, 0.29) is 19.6 Å². The van der Waals surface area contributed by atoms with Crippen LogP contribution in [0.3, 0.4) is 0 Å². The summed E-state index contributed by atoms with van der Waals surface area (Å²) in [6.45, 7) is 7.03. The fourth-order valence-electron chi connectivity index (χ4n) is 0.582. The summed E-state index contributed by atoms with van der Waals surface area (Å²) >= 11 is 0. The highest BCUT2D eigenvalue weighted by Gasteiger charge is 2.03. The van der Waals surface area contributed by atoms with Crippen LogP contribution in [0, 0.1) is 0 Å². The molecular formula is C9H14O4. The van der Waals surface area contributed by atoms with Gasteiger partial charge >= 0.3 is 5.97 Å². The smallest absolute Gasteiger partial charge is 0.330 e. The number of aliphatic hydroxyl groups excluding tert-OH is 1. The maximum absolute atomic E-state index is 10.5. The summed E-state index contributed by atoms with van der Waals surface area (Å²) in [5, 5.41) is 9.08. The lowest BCUT2D eigenvalue weighted by Crippen LogP contribution is -2.15. The van der Waals surface area contributed by atoms with Gasteiger partial charge in [0, 0.05) is 12.5 Å². The topological polar surface area (TPSA) is 55.8 Å². The number of hydrogen-bond acceptors (Lipinski definition) is 4. The highest BCUT2D eigenvalue weighted by atomic mass is 16.6. The van der Waals surface area contributed by atoms with Crippen LogP contribution in [-0.4, -0.2) is 30.6 Å². The minimum atomic E-state index is -0.921. The van der Waals surface area contributed by atoms with Gasteiger partial charge in [-0.25, -0.2) is 4.79 Å². The fraction of sp³-hybridized carbons (Fsp3) is 0.444. The second-order valence-corrected chi connectivity index (χ2v) is 2.24. The normalized spacial score (nSPS) is 11.8. The Morgan fingerprint density at radius 2 is 2.23 bits per heavy atom. The van der Waals surface area contributed by atoms with E-state index < -0.39 is 12.3 Å². The molecule has 0 saturated carbocycles. The molecular weight excluding hydrogens is 172 g/mol. The van der Waals surface area contributed by atoms with Crippen molar-refractivity contribution < 1.29 is 19.4 Å². The Labute approximate surface area is 77.5 Å². The molecule has 0 rings (SSSR count). The van der Waals surface area contributed by atoms with Gasteiger partial charge < -0.3 is 14.6 Å². The van der Waals surface area contributed by atoms with E-state index in [1.54, 1.807) is 0 Å². The molecule has 4 nitrogen and oxygen atoms in total. The van der Waals surface area contributed by atoms with E-state index in [2.05, 4.69) is 17.9 Å². The zero-order valence-corrected chi connectivity index (χ0v) is 7.44. The Bertz CT molecular complexity index is 176.